The van der Waals surface area contributed by atoms with Gasteiger partial charge < -0.3 is 10.1 Å². The van der Waals surface area contributed by atoms with E-state index in [0.29, 0.717) is 11.6 Å². The number of ether oxygens (including phenoxy) is 1. The van der Waals surface area contributed by atoms with Crippen molar-refractivity contribution in [1.29, 1.82) is 0 Å². The maximum atomic E-state index is 11.8. The molecule has 0 saturated carbocycles. The number of para-hydroxylation sites is 2. The van der Waals surface area contributed by atoms with Crippen molar-refractivity contribution in [2.75, 3.05) is 11.9 Å². The van der Waals surface area contributed by atoms with Gasteiger partial charge in [0, 0.05) is 12.3 Å². The first-order chi connectivity index (χ1) is 10.8. The Hall–Kier alpha value is -3.08. The van der Waals surface area contributed by atoms with Crippen molar-refractivity contribution in [1.82, 2.24) is 9.78 Å². The highest BCUT2D eigenvalue weighted by Crippen LogP contribution is 2.11. The molecule has 0 aliphatic rings. The lowest BCUT2D eigenvalue weighted by atomic mass is 10.3. The number of carbonyl (C=O) groups excluding carboxylic acids is 1. The first kappa shape index (κ1) is 13.9. The molecule has 0 aliphatic carbocycles. The van der Waals surface area contributed by atoms with Crippen molar-refractivity contribution in [2.45, 2.75) is 0 Å². The fraction of sp³-hybridized carbons (Fsp3) is 0.0588. The highest BCUT2D eigenvalue weighted by Gasteiger charge is 2.06. The number of amides is 1. The summed E-state index contributed by atoms with van der Waals surface area (Å²) in [5.74, 6) is 0.903. The van der Waals surface area contributed by atoms with Crippen LogP contribution in [0.25, 0.3) is 5.69 Å². The van der Waals surface area contributed by atoms with Crippen LogP contribution >= 0.6 is 0 Å². The van der Waals surface area contributed by atoms with E-state index in [1.807, 2.05) is 48.5 Å². The number of hydrogen-bond acceptors (Lipinski definition) is 3. The molecule has 5 heteroatoms. The van der Waals surface area contributed by atoms with Gasteiger partial charge in [-0.25, -0.2) is 4.68 Å². The average molecular weight is 293 g/mol. The van der Waals surface area contributed by atoms with Crippen LogP contribution in [0.4, 0.5) is 5.82 Å². The van der Waals surface area contributed by atoms with Crippen LogP contribution in [0.2, 0.25) is 0 Å². The minimum absolute atomic E-state index is 0.0534. The van der Waals surface area contributed by atoms with Crippen molar-refractivity contribution in [3.63, 3.8) is 0 Å². The molecule has 0 fully saturated rings. The highest BCUT2D eigenvalue weighted by molar-refractivity contribution is 5.90. The number of nitrogens with one attached hydrogen (secondary N) is 1. The average Bonchev–Trinajstić information content (AvgIpc) is 3.03. The summed E-state index contributed by atoms with van der Waals surface area (Å²) in [7, 11) is 0. The monoisotopic (exact) mass is 293 g/mol. The summed E-state index contributed by atoms with van der Waals surface area (Å²) in [5, 5.41) is 7.01. The Labute approximate surface area is 128 Å². The molecule has 5 nitrogen and oxygen atoms in total. The summed E-state index contributed by atoms with van der Waals surface area (Å²) in [6, 6.07) is 20.6. The van der Waals surface area contributed by atoms with Crippen LogP contribution in [0.5, 0.6) is 5.75 Å². The minimum atomic E-state index is -0.248. The van der Waals surface area contributed by atoms with Crippen LogP contribution in [0, 0.1) is 0 Å². The molecule has 1 amide bonds. The van der Waals surface area contributed by atoms with Gasteiger partial charge in [0.25, 0.3) is 5.91 Å². The molecule has 110 valence electrons. The number of benzene rings is 2. The molecule has 22 heavy (non-hydrogen) atoms. The molecule has 0 aliphatic heterocycles. The minimum Gasteiger partial charge on any atom is -0.484 e. The van der Waals surface area contributed by atoms with Gasteiger partial charge in [-0.05, 0) is 24.3 Å². The lowest BCUT2D eigenvalue weighted by molar-refractivity contribution is -0.118. The van der Waals surface area contributed by atoms with Gasteiger partial charge in [0.1, 0.15) is 5.75 Å². The first-order valence-electron chi connectivity index (χ1n) is 6.90. The van der Waals surface area contributed by atoms with Gasteiger partial charge in [-0.3, -0.25) is 4.79 Å². The zero-order valence-corrected chi connectivity index (χ0v) is 11.8. The molecule has 0 unspecified atom stereocenters. The molecule has 1 N–H and O–H groups in total. The molecule has 0 spiro atoms. The Kier molecular flexibility index (Phi) is 4.15. The third-order valence-corrected chi connectivity index (χ3v) is 2.99. The molecular weight excluding hydrogens is 278 g/mol. The molecule has 0 radical (unpaired) electrons. The maximum Gasteiger partial charge on any atom is 0.263 e. The van der Waals surface area contributed by atoms with E-state index in [-0.39, 0.29) is 12.5 Å². The van der Waals surface area contributed by atoms with Gasteiger partial charge in [0.2, 0.25) is 0 Å². The highest BCUT2D eigenvalue weighted by atomic mass is 16.5. The zero-order chi connectivity index (χ0) is 15.2. The summed E-state index contributed by atoms with van der Waals surface area (Å²) in [5.41, 5.74) is 0.934. The Morgan fingerprint density at radius 1 is 1.00 bits per heavy atom. The molecule has 1 heterocycles. The van der Waals surface area contributed by atoms with Crippen molar-refractivity contribution < 1.29 is 9.53 Å². The maximum absolute atomic E-state index is 11.8. The van der Waals surface area contributed by atoms with Crippen LogP contribution in [-0.2, 0) is 4.79 Å². The van der Waals surface area contributed by atoms with Crippen molar-refractivity contribution in [3.05, 3.63) is 72.9 Å². The summed E-state index contributed by atoms with van der Waals surface area (Å²) < 4.78 is 7.09. The fourth-order valence-corrected chi connectivity index (χ4v) is 1.96. The van der Waals surface area contributed by atoms with Crippen LogP contribution in [0.15, 0.2) is 72.9 Å². The molecule has 0 atom stereocenters. The van der Waals surface area contributed by atoms with Gasteiger partial charge >= 0.3 is 0 Å². The first-order valence-corrected chi connectivity index (χ1v) is 6.90. The second-order valence-corrected chi connectivity index (χ2v) is 4.63. The van der Waals surface area contributed by atoms with Crippen molar-refractivity contribution >= 4 is 11.7 Å². The van der Waals surface area contributed by atoms with Crippen LogP contribution in [-0.4, -0.2) is 22.3 Å². The fourth-order valence-electron chi connectivity index (χ4n) is 1.96. The number of nitrogens with zero attached hydrogens (tertiary/aromatic N) is 2. The van der Waals surface area contributed by atoms with E-state index in [1.165, 1.54) is 0 Å². The van der Waals surface area contributed by atoms with Gasteiger partial charge in [0.05, 0.1) is 5.69 Å². The van der Waals surface area contributed by atoms with E-state index >= 15 is 0 Å². The zero-order valence-electron chi connectivity index (χ0n) is 11.8. The Bertz CT molecular complexity index is 739. The van der Waals surface area contributed by atoms with Gasteiger partial charge in [-0.1, -0.05) is 36.4 Å². The standard InChI is InChI=1S/C17H15N3O2/c21-17(13-22-15-9-5-2-6-10-15)18-16-11-12-20(19-16)14-7-3-1-4-8-14/h1-12H,13H2,(H,18,19,21). The molecule has 0 saturated heterocycles. The second kappa shape index (κ2) is 6.58. The number of hydrogen-bond donors (Lipinski definition) is 1. The molecule has 3 rings (SSSR count). The quantitative estimate of drug-likeness (QED) is 0.787. The van der Waals surface area contributed by atoms with Gasteiger partial charge in [-0.15, -0.1) is 0 Å². The van der Waals surface area contributed by atoms with E-state index < -0.39 is 0 Å². The van der Waals surface area contributed by atoms with E-state index in [2.05, 4.69) is 10.4 Å². The lowest BCUT2D eigenvalue weighted by Crippen LogP contribution is -2.20. The predicted molar refractivity (Wildman–Crippen MR) is 84.1 cm³/mol. The normalized spacial score (nSPS) is 10.2. The van der Waals surface area contributed by atoms with Crippen molar-refractivity contribution in [3.8, 4) is 11.4 Å². The number of aromatic nitrogens is 2. The van der Waals surface area contributed by atoms with Gasteiger partial charge in [0.15, 0.2) is 12.4 Å². The third-order valence-electron chi connectivity index (χ3n) is 2.99. The molecular formula is C17H15N3O2. The molecule has 3 aromatic rings. The summed E-state index contributed by atoms with van der Waals surface area (Å²) >= 11 is 0. The van der Waals surface area contributed by atoms with E-state index in [0.717, 1.165) is 5.69 Å². The van der Waals surface area contributed by atoms with Crippen molar-refractivity contribution in [2.24, 2.45) is 0 Å². The Balaban J connectivity index is 1.57. The third kappa shape index (κ3) is 3.52. The Morgan fingerprint density at radius 3 is 2.41 bits per heavy atom. The lowest BCUT2D eigenvalue weighted by Gasteiger charge is -2.05. The van der Waals surface area contributed by atoms with E-state index in [1.54, 1.807) is 29.1 Å². The summed E-state index contributed by atoms with van der Waals surface area (Å²) in [6.45, 7) is -0.0534. The second-order valence-electron chi connectivity index (χ2n) is 4.63. The number of carbonyl (C=O) groups is 1. The largest absolute Gasteiger partial charge is 0.484 e. The van der Waals surface area contributed by atoms with Crippen LogP contribution in [0.1, 0.15) is 0 Å². The predicted octanol–water partition coefficient (Wildman–Crippen LogP) is 2.89. The summed E-state index contributed by atoms with van der Waals surface area (Å²) in [6.07, 6.45) is 1.79. The van der Waals surface area contributed by atoms with E-state index in [4.69, 9.17) is 4.74 Å². The SMILES string of the molecule is O=C(COc1ccccc1)Nc1ccn(-c2ccccc2)n1. The van der Waals surface area contributed by atoms with Crippen LogP contribution in [0.3, 0.4) is 0 Å². The molecule has 0 bridgehead atoms. The Morgan fingerprint density at radius 2 is 1.68 bits per heavy atom. The van der Waals surface area contributed by atoms with Crippen LogP contribution < -0.4 is 10.1 Å². The summed E-state index contributed by atoms with van der Waals surface area (Å²) in [4.78, 5) is 11.8. The molecule has 2 aromatic carbocycles. The number of anilines is 1. The van der Waals surface area contributed by atoms with E-state index in [9.17, 15) is 4.79 Å². The smallest absolute Gasteiger partial charge is 0.263 e. The van der Waals surface area contributed by atoms with Gasteiger partial charge in [-0.2, -0.15) is 5.10 Å². The topological polar surface area (TPSA) is 56.1 Å². The number of rotatable bonds is 5. The molecule has 1 aromatic heterocycles.